The highest BCUT2D eigenvalue weighted by atomic mass is 35.5. The highest BCUT2D eigenvalue weighted by molar-refractivity contribution is 7.18. The SMILES string of the molecule is O=C(c1ccc(Cl)s1)[C@H]1O[C@@H]1c1ccc(Cl)cc1Cl. The van der Waals surface area contributed by atoms with E-state index in [1.54, 1.807) is 30.3 Å². The third-order valence-corrected chi connectivity index (χ3v) is 4.64. The summed E-state index contributed by atoms with van der Waals surface area (Å²) in [5.74, 6) is -0.0621. The number of benzene rings is 1. The Morgan fingerprint density at radius 1 is 1.16 bits per heavy atom. The summed E-state index contributed by atoms with van der Waals surface area (Å²) in [5, 5.41) is 1.07. The first kappa shape index (κ1) is 13.4. The van der Waals surface area contributed by atoms with Crippen molar-refractivity contribution in [2.24, 2.45) is 0 Å². The van der Waals surface area contributed by atoms with Crippen LogP contribution in [0.2, 0.25) is 14.4 Å². The van der Waals surface area contributed by atoms with Gasteiger partial charge in [0.15, 0.2) is 6.10 Å². The molecule has 3 rings (SSSR count). The fourth-order valence-electron chi connectivity index (χ4n) is 1.87. The number of Topliss-reactive ketones (excluding diaryl/α,β-unsaturated/α-hetero) is 1. The largest absolute Gasteiger partial charge is 0.356 e. The molecule has 1 aliphatic rings. The molecule has 0 unspecified atom stereocenters. The van der Waals surface area contributed by atoms with Crippen LogP contribution in [0.25, 0.3) is 0 Å². The van der Waals surface area contributed by atoms with Crippen LogP contribution in [0.4, 0.5) is 0 Å². The van der Waals surface area contributed by atoms with E-state index in [9.17, 15) is 4.79 Å². The van der Waals surface area contributed by atoms with E-state index in [-0.39, 0.29) is 11.9 Å². The van der Waals surface area contributed by atoms with Gasteiger partial charge in [0, 0.05) is 15.6 Å². The molecule has 1 saturated heterocycles. The molecule has 2 atom stereocenters. The normalized spacial score (nSPS) is 21.4. The van der Waals surface area contributed by atoms with E-state index >= 15 is 0 Å². The number of hydrogen-bond acceptors (Lipinski definition) is 3. The molecule has 0 saturated carbocycles. The summed E-state index contributed by atoms with van der Waals surface area (Å²) in [5.41, 5.74) is 0.784. The van der Waals surface area contributed by atoms with Gasteiger partial charge in [-0.05, 0) is 24.3 Å². The molecular weight excluding hydrogens is 327 g/mol. The van der Waals surface area contributed by atoms with Crippen molar-refractivity contribution in [2.75, 3.05) is 0 Å². The second-order valence-electron chi connectivity index (χ2n) is 4.11. The highest BCUT2D eigenvalue weighted by Crippen LogP contribution is 2.44. The molecule has 0 spiro atoms. The van der Waals surface area contributed by atoms with Crippen LogP contribution < -0.4 is 0 Å². The van der Waals surface area contributed by atoms with E-state index in [1.807, 2.05) is 0 Å². The lowest BCUT2D eigenvalue weighted by molar-refractivity contribution is 0.0957. The Kier molecular flexibility index (Phi) is 3.58. The zero-order chi connectivity index (χ0) is 13.6. The van der Waals surface area contributed by atoms with Gasteiger partial charge in [0.1, 0.15) is 6.10 Å². The van der Waals surface area contributed by atoms with Gasteiger partial charge in [-0.1, -0.05) is 40.9 Å². The van der Waals surface area contributed by atoms with Crippen molar-refractivity contribution >= 4 is 51.9 Å². The van der Waals surface area contributed by atoms with E-state index in [2.05, 4.69) is 0 Å². The van der Waals surface area contributed by atoms with Crippen molar-refractivity contribution in [3.8, 4) is 0 Å². The van der Waals surface area contributed by atoms with Gasteiger partial charge in [-0.2, -0.15) is 0 Å². The Bertz CT molecular complexity index is 653. The van der Waals surface area contributed by atoms with Gasteiger partial charge >= 0.3 is 0 Å². The number of rotatable bonds is 3. The van der Waals surface area contributed by atoms with Crippen LogP contribution in [0.15, 0.2) is 30.3 Å². The molecule has 2 heterocycles. The van der Waals surface area contributed by atoms with Crippen LogP contribution in [0.5, 0.6) is 0 Å². The first-order chi connectivity index (χ1) is 9.06. The first-order valence-electron chi connectivity index (χ1n) is 5.46. The molecule has 1 aliphatic heterocycles. The number of epoxide rings is 1. The van der Waals surface area contributed by atoms with Crippen LogP contribution in [-0.2, 0) is 4.74 Å². The van der Waals surface area contributed by atoms with E-state index in [0.29, 0.717) is 19.3 Å². The van der Waals surface area contributed by atoms with Crippen molar-refractivity contribution < 1.29 is 9.53 Å². The average Bonchev–Trinajstić information content (AvgIpc) is 3.02. The van der Waals surface area contributed by atoms with Gasteiger partial charge < -0.3 is 4.74 Å². The van der Waals surface area contributed by atoms with Gasteiger partial charge in [0.2, 0.25) is 5.78 Å². The second kappa shape index (κ2) is 5.08. The van der Waals surface area contributed by atoms with Crippen LogP contribution in [-0.4, -0.2) is 11.9 Å². The molecule has 1 fully saturated rings. The summed E-state index contributed by atoms with van der Waals surface area (Å²) in [7, 11) is 0. The maximum atomic E-state index is 12.1. The van der Waals surface area contributed by atoms with Crippen LogP contribution in [0, 0.1) is 0 Å². The number of carbonyl (C=O) groups is 1. The Morgan fingerprint density at radius 3 is 2.58 bits per heavy atom. The summed E-state index contributed by atoms with van der Waals surface area (Å²) in [6.45, 7) is 0. The minimum absolute atomic E-state index is 0.0621. The summed E-state index contributed by atoms with van der Waals surface area (Å²) >= 11 is 19.0. The van der Waals surface area contributed by atoms with Gasteiger partial charge in [0.25, 0.3) is 0 Å². The average molecular weight is 334 g/mol. The monoisotopic (exact) mass is 332 g/mol. The van der Waals surface area contributed by atoms with Gasteiger partial charge in [-0.3, -0.25) is 4.79 Å². The minimum atomic E-state index is -0.478. The molecule has 19 heavy (non-hydrogen) atoms. The molecule has 0 aliphatic carbocycles. The Balaban J connectivity index is 1.79. The van der Waals surface area contributed by atoms with E-state index in [0.717, 1.165) is 5.56 Å². The molecule has 0 bridgehead atoms. The number of hydrogen-bond donors (Lipinski definition) is 0. The Morgan fingerprint density at radius 2 is 1.95 bits per heavy atom. The van der Waals surface area contributed by atoms with Crippen molar-refractivity contribution in [1.29, 1.82) is 0 Å². The number of ether oxygens (including phenoxy) is 1. The number of ketones is 1. The number of halogens is 3. The van der Waals surface area contributed by atoms with Crippen LogP contribution in [0.1, 0.15) is 21.3 Å². The lowest BCUT2D eigenvalue weighted by atomic mass is 10.1. The van der Waals surface area contributed by atoms with E-state index < -0.39 is 6.10 Å². The first-order valence-corrected chi connectivity index (χ1v) is 7.41. The van der Waals surface area contributed by atoms with Crippen molar-refractivity contribution in [2.45, 2.75) is 12.2 Å². The third-order valence-electron chi connectivity index (χ3n) is 2.84. The molecule has 0 radical (unpaired) electrons. The lowest BCUT2D eigenvalue weighted by Gasteiger charge is -2.00. The maximum absolute atomic E-state index is 12.1. The quantitative estimate of drug-likeness (QED) is 0.582. The van der Waals surface area contributed by atoms with E-state index in [4.69, 9.17) is 39.5 Å². The number of thiophene rings is 1. The summed E-state index contributed by atoms with van der Waals surface area (Å²) < 4.78 is 6.02. The molecule has 98 valence electrons. The molecule has 1 aromatic carbocycles. The maximum Gasteiger partial charge on any atom is 0.204 e. The smallest absolute Gasteiger partial charge is 0.204 e. The van der Waals surface area contributed by atoms with Crippen molar-refractivity contribution in [3.63, 3.8) is 0 Å². The minimum Gasteiger partial charge on any atom is -0.356 e. The van der Waals surface area contributed by atoms with Gasteiger partial charge in [0.05, 0.1) is 9.21 Å². The summed E-state index contributed by atoms with van der Waals surface area (Å²) in [6, 6.07) is 8.56. The van der Waals surface area contributed by atoms with Crippen LogP contribution in [0.3, 0.4) is 0 Å². The highest BCUT2D eigenvalue weighted by Gasteiger charge is 2.47. The van der Waals surface area contributed by atoms with Gasteiger partial charge in [-0.25, -0.2) is 0 Å². The molecule has 0 N–H and O–H groups in total. The molecule has 2 nitrogen and oxygen atoms in total. The fraction of sp³-hybridized carbons (Fsp3) is 0.154. The summed E-state index contributed by atoms with van der Waals surface area (Å²) in [6.07, 6.45) is -0.772. The van der Waals surface area contributed by atoms with Crippen LogP contribution >= 0.6 is 46.1 Å². The summed E-state index contributed by atoms with van der Waals surface area (Å²) in [4.78, 5) is 12.7. The van der Waals surface area contributed by atoms with E-state index in [1.165, 1.54) is 11.3 Å². The number of carbonyl (C=O) groups excluding carboxylic acids is 1. The third kappa shape index (κ3) is 2.67. The predicted molar refractivity (Wildman–Crippen MR) is 77.7 cm³/mol. The Labute approximate surface area is 128 Å². The molecule has 6 heteroatoms. The van der Waals surface area contributed by atoms with Gasteiger partial charge in [-0.15, -0.1) is 11.3 Å². The predicted octanol–water partition coefficient (Wildman–Crippen LogP) is 5.03. The Hall–Kier alpha value is -0.580. The fourth-order valence-corrected chi connectivity index (χ4v) is 3.39. The van der Waals surface area contributed by atoms with Crippen molar-refractivity contribution in [3.05, 3.63) is 55.2 Å². The van der Waals surface area contributed by atoms with Crippen molar-refractivity contribution in [1.82, 2.24) is 0 Å². The molecule has 2 aromatic rings. The zero-order valence-electron chi connectivity index (χ0n) is 9.40. The standard InChI is InChI=1S/C13H7Cl3O2S/c14-6-1-2-7(8(15)5-6)12-13(18-12)11(17)9-3-4-10(16)19-9/h1-5,12-13H/t12-,13-/m1/s1. The lowest BCUT2D eigenvalue weighted by Crippen LogP contribution is -2.06. The second-order valence-corrected chi connectivity index (χ2v) is 6.67. The molecule has 1 aromatic heterocycles. The zero-order valence-corrected chi connectivity index (χ0v) is 12.5. The molecular formula is C13H7Cl3O2S. The topological polar surface area (TPSA) is 29.6 Å². The molecule has 0 amide bonds.